The minimum Gasteiger partial charge on any atom is -0.381 e. The van der Waals surface area contributed by atoms with Gasteiger partial charge in [-0.15, -0.1) is 0 Å². The molecule has 0 atom stereocenters. The Morgan fingerprint density at radius 1 is 1.37 bits per heavy atom. The molecule has 1 aromatic carbocycles. The summed E-state index contributed by atoms with van der Waals surface area (Å²) in [6.45, 7) is 1.34. The highest BCUT2D eigenvalue weighted by atomic mass is 32.1. The average Bonchev–Trinajstić information content (AvgIpc) is 2.77. The third-order valence-corrected chi connectivity index (χ3v) is 4.60. The molecule has 0 radical (unpaired) electrons. The Morgan fingerprint density at radius 3 is 2.84 bits per heavy atom. The Bertz CT molecular complexity index is 665. The molecule has 1 fully saturated rings. The summed E-state index contributed by atoms with van der Waals surface area (Å²) < 4.78 is 8.41. The van der Waals surface area contributed by atoms with Crippen molar-refractivity contribution in [3.05, 3.63) is 29.1 Å². The molecule has 4 nitrogen and oxygen atoms in total. The number of hydrogen-bond donors (Lipinski definition) is 0. The first-order chi connectivity index (χ1) is 9.25. The van der Waals surface area contributed by atoms with E-state index in [1.54, 1.807) is 11.3 Å². The number of carbonyl (C=O) groups is 1. The first-order valence-electron chi connectivity index (χ1n) is 6.46. The quantitative estimate of drug-likeness (QED) is 0.800. The molecule has 2 heterocycles. The fourth-order valence-corrected chi connectivity index (χ4v) is 3.34. The third kappa shape index (κ3) is 2.48. The second-order valence-corrected chi connectivity index (χ2v) is 5.76. The van der Waals surface area contributed by atoms with Gasteiger partial charge in [-0.3, -0.25) is 4.79 Å². The van der Waals surface area contributed by atoms with Crippen molar-refractivity contribution in [2.24, 2.45) is 18.0 Å². The minimum absolute atomic E-state index is 0.00884. The molecule has 1 aliphatic rings. The average molecular weight is 276 g/mol. The number of hydrogen-bond acceptors (Lipinski definition) is 3. The highest BCUT2D eigenvalue weighted by molar-refractivity contribution is 7.16. The Kier molecular flexibility index (Phi) is 3.48. The Labute approximate surface area is 115 Å². The van der Waals surface area contributed by atoms with Crippen LogP contribution >= 0.6 is 11.3 Å². The predicted molar refractivity (Wildman–Crippen MR) is 74.9 cm³/mol. The fraction of sp³-hybridized carbons (Fsp3) is 0.429. The van der Waals surface area contributed by atoms with Crippen LogP contribution in [0.1, 0.15) is 12.8 Å². The van der Waals surface area contributed by atoms with Crippen LogP contribution in [0.4, 0.5) is 0 Å². The number of nitrogens with zero attached hydrogens (tertiary/aromatic N) is 2. The molecule has 3 rings (SSSR count). The molecule has 0 unspecified atom stereocenters. The van der Waals surface area contributed by atoms with Gasteiger partial charge in [0, 0.05) is 26.2 Å². The number of thiazole rings is 1. The number of fused-ring (bicyclic) bond motifs is 1. The van der Waals surface area contributed by atoms with E-state index in [0.717, 1.165) is 27.9 Å². The summed E-state index contributed by atoms with van der Waals surface area (Å²) in [5, 5.41) is 0. The van der Waals surface area contributed by atoms with E-state index in [-0.39, 0.29) is 11.8 Å². The highest BCUT2D eigenvalue weighted by Crippen LogP contribution is 2.18. The van der Waals surface area contributed by atoms with Crippen molar-refractivity contribution in [3.63, 3.8) is 0 Å². The molecular formula is C14H16N2O2S. The van der Waals surface area contributed by atoms with Crippen molar-refractivity contribution in [2.45, 2.75) is 12.8 Å². The van der Waals surface area contributed by atoms with E-state index in [2.05, 4.69) is 11.1 Å². The zero-order valence-electron chi connectivity index (χ0n) is 10.8. The van der Waals surface area contributed by atoms with Crippen LogP contribution in [-0.4, -0.2) is 23.7 Å². The lowest BCUT2D eigenvalue weighted by molar-refractivity contribution is -0.124. The predicted octanol–water partition coefficient (Wildman–Crippen LogP) is 2.09. The number of rotatable bonds is 1. The normalized spacial score (nSPS) is 18.1. The third-order valence-electron chi connectivity index (χ3n) is 3.49. The second kappa shape index (κ2) is 5.27. The molecule has 2 aromatic rings. The maximum Gasteiger partial charge on any atom is 0.251 e. The summed E-state index contributed by atoms with van der Waals surface area (Å²) in [4.78, 5) is 17.2. The van der Waals surface area contributed by atoms with Gasteiger partial charge in [0.15, 0.2) is 4.80 Å². The molecule has 1 saturated heterocycles. The van der Waals surface area contributed by atoms with Crippen LogP contribution in [0.3, 0.4) is 0 Å². The molecule has 0 spiro atoms. The van der Waals surface area contributed by atoms with Crippen LogP contribution in [0.15, 0.2) is 29.3 Å². The van der Waals surface area contributed by atoms with Gasteiger partial charge in [0.25, 0.3) is 5.91 Å². The molecule has 100 valence electrons. The van der Waals surface area contributed by atoms with Gasteiger partial charge in [0.2, 0.25) is 0 Å². The number of para-hydroxylation sites is 1. The van der Waals surface area contributed by atoms with Crippen LogP contribution in [0.25, 0.3) is 10.2 Å². The van der Waals surface area contributed by atoms with Crippen LogP contribution in [0.5, 0.6) is 0 Å². The standard InChI is InChI=1S/C14H16N2O2S/c1-16-11-4-2-3-5-12(11)19-14(16)15-13(17)10-6-8-18-9-7-10/h2-5,10H,6-9H2,1H3. The fourth-order valence-electron chi connectivity index (χ4n) is 2.32. The lowest BCUT2D eigenvalue weighted by atomic mass is 10.00. The van der Waals surface area contributed by atoms with Crippen molar-refractivity contribution in [3.8, 4) is 0 Å². The van der Waals surface area contributed by atoms with Crippen molar-refractivity contribution < 1.29 is 9.53 Å². The van der Waals surface area contributed by atoms with Crippen molar-refractivity contribution in [1.29, 1.82) is 0 Å². The zero-order chi connectivity index (χ0) is 13.2. The van der Waals surface area contributed by atoms with E-state index in [4.69, 9.17) is 4.74 Å². The van der Waals surface area contributed by atoms with Gasteiger partial charge in [0.05, 0.1) is 10.2 Å². The number of benzene rings is 1. The van der Waals surface area contributed by atoms with Crippen LogP contribution in [0.2, 0.25) is 0 Å². The number of amides is 1. The molecular weight excluding hydrogens is 260 g/mol. The summed E-state index contributed by atoms with van der Waals surface area (Å²) in [5.74, 6) is 0.0180. The largest absolute Gasteiger partial charge is 0.381 e. The molecule has 5 heteroatoms. The maximum atomic E-state index is 12.2. The van der Waals surface area contributed by atoms with E-state index in [0.29, 0.717) is 13.2 Å². The lowest BCUT2D eigenvalue weighted by Crippen LogP contribution is -2.24. The van der Waals surface area contributed by atoms with Gasteiger partial charge in [-0.2, -0.15) is 4.99 Å². The first kappa shape index (κ1) is 12.6. The zero-order valence-corrected chi connectivity index (χ0v) is 11.7. The first-order valence-corrected chi connectivity index (χ1v) is 7.28. The van der Waals surface area contributed by atoms with E-state index < -0.39 is 0 Å². The van der Waals surface area contributed by atoms with Gasteiger partial charge in [-0.25, -0.2) is 0 Å². The van der Waals surface area contributed by atoms with Gasteiger partial charge in [-0.05, 0) is 25.0 Å². The maximum absolute atomic E-state index is 12.2. The molecule has 1 aliphatic heterocycles. The number of carbonyl (C=O) groups excluding carboxylic acids is 1. The molecule has 1 aromatic heterocycles. The van der Waals surface area contributed by atoms with Crippen molar-refractivity contribution >= 4 is 27.5 Å². The van der Waals surface area contributed by atoms with Crippen molar-refractivity contribution in [2.75, 3.05) is 13.2 Å². The van der Waals surface area contributed by atoms with E-state index in [1.165, 1.54) is 0 Å². The molecule has 0 saturated carbocycles. The van der Waals surface area contributed by atoms with Gasteiger partial charge >= 0.3 is 0 Å². The summed E-state index contributed by atoms with van der Waals surface area (Å²) in [6, 6.07) is 8.10. The van der Waals surface area contributed by atoms with E-state index >= 15 is 0 Å². The highest BCUT2D eigenvalue weighted by Gasteiger charge is 2.21. The second-order valence-electron chi connectivity index (χ2n) is 4.75. The van der Waals surface area contributed by atoms with Gasteiger partial charge in [-0.1, -0.05) is 23.5 Å². The Balaban J connectivity index is 1.96. The Hall–Kier alpha value is -1.46. The molecule has 0 bridgehead atoms. The lowest BCUT2D eigenvalue weighted by Gasteiger charge is -2.18. The summed E-state index contributed by atoms with van der Waals surface area (Å²) >= 11 is 1.56. The Morgan fingerprint density at radius 2 is 2.11 bits per heavy atom. The number of ether oxygens (including phenoxy) is 1. The smallest absolute Gasteiger partial charge is 0.251 e. The van der Waals surface area contributed by atoms with Crippen molar-refractivity contribution in [1.82, 2.24) is 4.57 Å². The molecule has 0 aliphatic carbocycles. The van der Waals surface area contributed by atoms with Gasteiger partial charge in [0.1, 0.15) is 0 Å². The number of aryl methyl sites for hydroxylation is 1. The minimum atomic E-state index is -0.00884. The summed E-state index contributed by atoms with van der Waals surface area (Å²) in [6.07, 6.45) is 1.58. The van der Waals surface area contributed by atoms with E-state index in [1.807, 2.05) is 29.8 Å². The molecule has 0 N–H and O–H groups in total. The van der Waals surface area contributed by atoms with Crippen LogP contribution in [-0.2, 0) is 16.6 Å². The SMILES string of the molecule is Cn1c(=NC(=O)C2CCOCC2)sc2ccccc21. The van der Waals surface area contributed by atoms with Gasteiger partial charge < -0.3 is 9.30 Å². The molecule has 19 heavy (non-hydrogen) atoms. The van der Waals surface area contributed by atoms with Crippen LogP contribution < -0.4 is 4.80 Å². The summed E-state index contributed by atoms with van der Waals surface area (Å²) in [7, 11) is 1.95. The monoisotopic (exact) mass is 276 g/mol. The topological polar surface area (TPSA) is 43.6 Å². The molecule has 1 amide bonds. The van der Waals surface area contributed by atoms with Crippen LogP contribution in [0, 0.1) is 5.92 Å². The summed E-state index contributed by atoms with van der Waals surface area (Å²) in [5.41, 5.74) is 1.12. The number of aromatic nitrogens is 1. The van der Waals surface area contributed by atoms with E-state index in [9.17, 15) is 4.79 Å².